The number of benzene rings is 3. The standard InChI is InChI=1S/C23H18FNO4S/c1-28-16-8-6-15(7-9-16)22-19-4-3-5-20(24)23(19)25-14-21(22)30(26,27)18-12-10-17(29-2)11-13-18/h3-14H,1-2H3. The second-order valence-electron chi connectivity index (χ2n) is 6.54. The average Bonchev–Trinajstić information content (AvgIpc) is 2.78. The molecule has 4 aromatic rings. The fraction of sp³-hybridized carbons (Fsp3) is 0.0870. The SMILES string of the molecule is COc1ccc(-c2c(S(=O)(=O)c3ccc(OC)cc3)cnc3c(F)cccc23)cc1. The summed E-state index contributed by atoms with van der Waals surface area (Å²) in [6.45, 7) is 0. The number of ether oxygens (including phenoxy) is 2. The quantitative estimate of drug-likeness (QED) is 0.457. The van der Waals surface area contributed by atoms with E-state index in [9.17, 15) is 12.8 Å². The molecule has 0 saturated heterocycles. The van der Waals surface area contributed by atoms with Crippen LogP contribution in [0.5, 0.6) is 11.5 Å². The Kier molecular flexibility index (Phi) is 5.13. The van der Waals surface area contributed by atoms with Crippen LogP contribution in [0.4, 0.5) is 4.39 Å². The number of hydrogen-bond acceptors (Lipinski definition) is 5. The van der Waals surface area contributed by atoms with Gasteiger partial charge >= 0.3 is 0 Å². The first-order chi connectivity index (χ1) is 14.5. The third-order valence-corrected chi connectivity index (χ3v) is 6.63. The predicted molar refractivity (Wildman–Crippen MR) is 112 cm³/mol. The Morgan fingerprint density at radius 2 is 1.43 bits per heavy atom. The monoisotopic (exact) mass is 423 g/mol. The molecule has 30 heavy (non-hydrogen) atoms. The molecule has 0 spiro atoms. The second kappa shape index (κ2) is 7.76. The van der Waals surface area contributed by atoms with Gasteiger partial charge in [-0.15, -0.1) is 0 Å². The highest BCUT2D eigenvalue weighted by Crippen LogP contribution is 2.37. The Hall–Kier alpha value is -3.45. The zero-order valence-corrected chi connectivity index (χ0v) is 17.1. The first kappa shape index (κ1) is 19.8. The molecule has 5 nitrogen and oxygen atoms in total. The van der Waals surface area contributed by atoms with Gasteiger partial charge in [0.2, 0.25) is 9.84 Å². The van der Waals surface area contributed by atoms with Gasteiger partial charge in [-0.1, -0.05) is 24.3 Å². The number of halogens is 1. The first-order valence-corrected chi connectivity index (χ1v) is 10.5. The summed E-state index contributed by atoms with van der Waals surface area (Å²) in [7, 11) is -0.880. The van der Waals surface area contributed by atoms with Crippen molar-refractivity contribution >= 4 is 20.7 Å². The van der Waals surface area contributed by atoms with E-state index in [1.54, 1.807) is 49.6 Å². The highest BCUT2D eigenvalue weighted by molar-refractivity contribution is 7.91. The molecule has 0 radical (unpaired) electrons. The fourth-order valence-electron chi connectivity index (χ4n) is 3.31. The average molecular weight is 423 g/mol. The third-order valence-electron chi connectivity index (χ3n) is 4.85. The van der Waals surface area contributed by atoms with Crippen molar-refractivity contribution in [3.8, 4) is 22.6 Å². The minimum absolute atomic E-state index is 0.00377. The van der Waals surface area contributed by atoms with Crippen molar-refractivity contribution in [1.29, 1.82) is 0 Å². The van der Waals surface area contributed by atoms with Crippen LogP contribution in [-0.2, 0) is 9.84 Å². The van der Waals surface area contributed by atoms with Crippen molar-refractivity contribution in [2.45, 2.75) is 9.79 Å². The molecule has 0 fully saturated rings. The molecule has 0 amide bonds. The summed E-state index contributed by atoms with van der Waals surface area (Å²) >= 11 is 0. The minimum atomic E-state index is -3.93. The van der Waals surface area contributed by atoms with Gasteiger partial charge in [0.1, 0.15) is 22.8 Å². The lowest BCUT2D eigenvalue weighted by molar-refractivity contribution is 0.414. The fourth-order valence-corrected chi connectivity index (χ4v) is 4.75. The van der Waals surface area contributed by atoms with E-state index < -0.39 is 15.7 Å². The molecule has 3 aromatic carbocycles. The number of pyridine rings is 1. The van der Waals surface area contributed by atoms with Gasteiger partial charge in [0.25, 0.3) is 0 Å². The molecule has 0 unspecified atom stereocenters. The highest BCUT2D eigenvalue weighted by atomic mass is 32.2. The van der Waals surface area contributed by atoms with Crippen LogP contribution >= 0.6 is 0 Å². The minimum Gasteiger partial charge on any atom is -0.497 e. The van der Waals surface area contributed by atoms with Gasteiger partial charge in [0.15, 0.2) is 0 Å². The van der Waals surface area contributed by atoms with Gasteiger partial charge in [-0.2, -0.15) is 0 Å². The van der Waals surface area contributed by atoms with Crippen LogP contribution in [0.1, 0.15) is 0 Å². The third kappa shape index (κ3) is 3.37. The molecule has 4 rings (SSSR count). The Labute approximate surface area is 173 Å². The maximum Gasteiger partial charge on any atom is 0.208 e. The molecular formula is C23H18FNO4S. The van der Waals surface area contributed by atoms with Gasteiger partial charge in [0, 0.05) is 17.1 Å². The van der Waals surface area contributed by atoms with E-state index >= 15 is 0 Å². The van der Waals surface area contributed by atoms with Gasteiger partial charge in [-0.05, 0) is 48.0 Å². The summed E-state index contributed by atoms with van der Waals surface area (Å²) in [6, 6.07) is 17.5. The van der Waals surface area contributed by atoms with E-state index in [0.29, 0.717) is 28.0 Å². The zero-order chi connectivity index (χ0) is 21.3. The van der Waals surface area contributed by atoms with Crippen molar-refractivity contribution in [2.24, 2.45) is 0 Å². The number of para-hydroxylation sites is 1. The number of hydrogen-bond donors (Lipinski definition) is 0. The summed E-state index contributed by atoms with van der Waals surface area (Å²) < 4.78 is 51.7. The summed E-state index contributed by atoms with van der Waals surface area (Å²) in [5, 5.41) is 0.412. The van der Waals surface area contributed by atoms with Gasteiger partial charge in [-0.3, -0.25) is 4.98 Å². The van der Waals surface area contributed by atoms with Crippen molar-refractivity contribution in [3.05, 3.63) is 78.7 Å². The molecule has 1 aromatic heterocycles. The number of methoxy groups -OCH3 is 2. The van der Waals surface area contributed by atoms with E-state index in [2.05, 4.69) is 4.98 Å². The molecule has 0 aliphatic heterocycles. The summed E-state index contributed by atoms with van der Waals surface area (Å²) in [6.07, 6.45) is 1.21. The molecule has 0 bridgehead atoms. The number of fused-ring (bicyclic) bond motifs is 1. The maximum absolute atomic E-state index is 14.4. The first-order valence-electron chi connectivity index (χ1n) is 9.06. The Morgan fingerprint density at radius 1 is 0.833 bits per heavy atom. The van der Waals surface area contributed by atoms with Crippen molar-refractivity contribution in [3.63, 3.8) is 0 Å². The molecule has 7 heteroatoms. The van der Waals surface area contributed by atoms with Crippen molar-refractivity contribution < 1.29 is 22.3 Å². The summed E-state index contributed by atoms with van der Waals surface area (Å²) in [5.41, 5.74) is 1.11. The summed E-state index contributed by atoms with van der Waals surface area (Å²) in [5.74, 6) is 0.654. The zero-order valence-electron chi connectivity index (χ0n) is 16.3. The lowest BCUT2D eigenvalue weighted by atomic mass is 10.0. The molecule has 0 aliphatic rings. The number of sulfone groups is 1. The van der Waals surface area contributed by atoms with Gasteiger partial charge < -0.3 is 9.47 Å². The highest BCUT2D eigenvalue weighted by Gasteiger charge is 2.25. The topological polar surface area (TPSA) is 65.5 Å². The molecule has 1 heterocycles. The van der Waals surface area contributed by atoms with E-state index in [1.165, 1.54) is 37.6 Å². The smallest absolute Gasteiger partial charge is 0.208 e. The van der Waals surface area contributed by atoms with Crippen LogP contribution in [0.15, 0.2) is 82.7 Å². The van der Waals surface area contributed by atoms with Crippen LogP contribution in [-0.4, -0.2) is 27.6 Å². The van der Waals surface area contributed by atoms with E-state index in [4.69, 9.17) is 9.47 Å². The van der Waals surface area contributed by atoms with Crippen molar-refractivity contribution in [1.82, 2.24) is 4.98 Å². The van der Waals surface area contributed by atoms with Crippen LogP contribution in [0, 0.1) is 5.82 Å². The van der Waals surface area contributed by atoms with Gasteiger partial charge in [0.05, 0.1) is 24.0 Å². The van der Waals surface area contributed by atoms with Crippen LogP contribution in [0.2, 0.25) is 0 Å². The number of nitrogens with zero attached hydrogens (tertiary/aromatic N) is 1. The molecular weight excluding hydrogens is 405 g/mol. The van der Waals surface area contributed by atoms with Crippen LogP contribution < -0.4 is 9.47 Å². The Balaban J connectivity index is 2.01. The molecule has 0 atom stereocenters. The Morgan fingerprint density at radius 3 is 2.03 bits per heavy atom. The predicted octanol–water partition coefficient (Wildman–Crippen LogP) is 4.89. The van der Waals surface area contributed by atoms with E-state index in [1.807, 2.05) is 0 Å². The Bertz CT molecular complexity index is 1320. The van der Waals surface area contributed by atoms with E-state index in [0.717, 1.165) is 0 Å². The lowest BCUT2D eigenvalue weighted by Crippen LogP contribution is -2.06. The van der Waals surface area contributed by atoms with E-state index in [-0.39, 0.29) is 15.3 Å². The van der Waals surface area contributed by atoms with Crippen LogP contribution in [0.25, 0.3) is 22.0 Å². The molecule has 0 saturated carbocycles. The number of rotatable bonds is 5. The van der Waals surface area contributed by atoms with Gasteiger partial charge in [-0.25, -0.2) is 12.8 Å². The molecule has 0 aliphatic carbocycles. The normalized spacial score (nSPS) is 11.4. The summed E-state index contributed by atoms with van der Waals surface area (Å²) in [4.78, 5) is 4.21. The lowest BCUT2D eigenvalue weighted by Gasteiger charge is -2.14. The largest absolute Gasteiger partial charge is 0.497 e. The second-order valence-corrected chi connectivity index (χ2v) is 8.46. The van der Waals surface area contributed by atoms with Crippen LogP contribution in [0.3, 0.4) is 0 Å². The molecule has 0 N–H and O–H groups in total. The molecule has 152 valence electrons. The maximum atomic E-state index is 14.4. The number of aromatic nitrogens is 1. The van der Waals surface area contributed by atoms with Crippen molar-refractivity contribution in [2.75, 3.05) is 14.2 Å².